The number of hydrogen-bond donors (Lipinski definition) is 2. The summed E-state index contributed by atoms with van der Waals surface area (Å²) in [6.45, 7) is 0. The van der Waals surface area contributed by atoms with Gasteiger partial charge >= 0.3 is 37.1 Å². The topological polar surface area (TPSA) is 192 Å². The minimum atomic E-state index is -0.995. The number of H-pyrrole nitrogens is 2. The zero-order valence-corrected chi connectivity index (χ0v) is 31.7. The van der Waals surface area contributed by atoms with E-state index >= 15 is 0 Å². The second kappa shape index (κ2) is 17.0. The van der Waals surface area contributed by atoms with Gasteiger partial charge in [-0.3, -0.25) is 9.59 Å². The molecule has 252 valence electrons. The van der Waals surface area contributed by atoms with Crippen LogP contribution in [0.5, 0.6) is 0 Å². The number of carbonyl (C=O) groups is 2. The van der Waals surface area contributed by atoms with E-state index in [2.05, 4.69) is 55.8 Å². The van der Waals surface area contributed by atoms with Crippen LogP contribution in [0.3, 0.4) is 0 Å². The van der Waals surface area contributed by atoms with Gasteiger partial charge in [-0.1, -0.05) is 18.2 Å². The van der Waals surface area contributed by atoms with Crippen LogP contribution in [-0.4, -0.2) is 58.4 Å². The maximum Gasteiger partial charge on any atom is 2.00 e. The zero-order chi connectivity index (χ0) is 33.9. The van der Waals surface area contributed by atoms with E-state index in [0.717, 1.165) is 86.7 Å². The number of benzene rings is 3. The van der Waals surface area contributed by atoms with Crippen molar-refractivity contribution in [1.82, 2.24) is 19.9 Å². The second-order valence-electron chi connectivity index (χ2n) is 11.3. The normalized spacial score (nSPS) is 12.9. The Morgan fingerprint density at radius 1 is 0.620 bits per heavy atom. The van der Waals surface area contributed by atoms with Crippen LogP contribution in [-0.2, 0) is 94.7 Å². The number of methoxy groups -OCH3 is 2. The Balaban J connectivity index is 0.000000416. The van der Waals surface area contributed by atoms with E-state index in [1.54, 1.807) is 0 Å². The predicted octanol–water partition coefficient (Wildman–Crippen LogP) is 5.93. The summed E-state index contributed by atoms with van der Waals surface area (Å²) in [6, 6.07) is 18.1. The summed E-state index contributed by atoms with van der Waals surface area (Å²) in [4.78, 5) is 56.5. The molecule has 2 aromatic heterocycles. The molecule has 0 bridgehead atoms. The van der Waals surface area contributed by atoms with Crippen LogP contribution in [0.4, 0.5) is 9.59 Å². The number of fused-ring (bicyclic) bond motifs is 10. The first kappa shape index (κ1) is 39.0. The van der Waals surface area contributed by atoms with Crippen molar-refractivity contribution in [3.63, 3.8) is 0 Å². The van der Waals surface area contributed by atoms with Crippen LogP contribution < -0.4 is 11.1 Å². The molecule has 0 aliphatic heterocycles. The minimum absolute atomic E-state index is 0. The number of aryl methyl sites for hydroxylation is 6. The summed E-state index contributed by atoms with van der Waals surface area (Å²) in [7, 11) is 2.22. The smallest absolute Gasteiger partial charge is 0.632 e. The Kier molecular flexibility index (Phi) is 13.3. The van der Waals surface area contributed by atoms with Crippen LogP contribution in [0.15, 0.2) is 36.4 Å². The fourth-order valence-electron chi connectivity index (χ4n) is 6.53. The Morgan fingerprint density at radius 3 is 1.42 bits per heavy atom. The first-order valence-electron chi connectivity index (χ1n) is 15.0. The molecule has 12 nitrogen and oxygen atoms in total. The molecule has 2 radical (unpaired) electrons. The van der Waals surface area contributed by atoms with Crippen molar-refractivity contribution in [2.75, 3.05) is 14.2 Å². The molecule has 2 unspecified atom stereocenters. The first-order chi connectivity index (χ1) is 23.2. The zero-order valence-electron chi connectivity index (χ0n) is 26.9. The Morgan fingerprint density at radius 2 is 0.960 bits per heavy atom. The molecule has 0 saturated carbocycles. The van der Waals surface area contributed by atoms with Crippen molar-refractivity contribution < 1.29 is 65.8 Å². The average Bonchev–Trinajstić information content (AvgIpc) is 3.70. The molecule has 0 fully saturated rings. The van der Waals surface area contributed by atoms with Crippen LogP contribution in [0.1, 0.15) is 33.6 Å². The number of ether oxygens (including phenoxy) is 2. The second-order valence-corrected chi connectivity index (χ2v) is 13.2. The van der Waals surface area contributed by atoms with Gasteiger partial charge in [0, 0.05) is 22.5 Å². The van der Waals surface area contributed by atoms with Gasteiger partial charge in [-0.15, -0.1) is 0 Å². The first-order valence-corrected chi connectivity index (χ1v) is 17.0. The van der Waals surface area contributed by atoms with Gasteiger partial charge in [0.25, 0.3) is 0 Å². The molecule has 0 saturated heterocycles. The van der Waals surface area contributed by atoms with E-state index in [1.807, 2.05) is 12.1 Å². The van der Waals surface area contributed by atoms with Crippen molar-refractivity contribution in [1.29, 1.82) is 0 Å². The third-order valence-electron chi connectivity index (χ3n) is 8.63. The maximum atomic E-state index is 10.9. The molecule has 8 rings (SSSR count). The van der Waals surface area contributed by atoms with Gasteiger partial charge in [0.15, 0.2) is 0 Å². The summed E-state index contributed by atoms with van der Waals surface area (Å²) in [5.74, 6) is 0. The van der Waals surface area contributed by atoms with Gasteiger partial charge in [0.1, 0.15) is 0 Å². The largest absolute Gasteiger partial charge is 2.00 e. The van der Waals surface area contributed by atoms with E-state index in [1.165, 1.54) is 55.3 Å². The number of hydrogen-bond acceptors (Lipinski definition) is 8. The van der Waals surface area contributed by atoms with Gasteiger partial charge in [-0.2, -0.15) is 17.2 Å². The summed E-state index contributed by atoms with van der Waals surface area (Å²) in [6.07, 6.45) is 3.77. The number of aromatic nitrogens is 4. The number of aromatic amines is 2. The SMILES string of the molecule is COC([NH-])=O.COC([NH-])=O.O=[C-]Pc1nc2c([nH]1)CCc1cc3c(cc1-2)CCc1cc2cc4c(cc2cc1-3)CCc1[nH]c(P[C-]=O)nc1-4.[V+2].[V+2]. The molecule has 2 amide bonds. The number of rotatable bonds is 4. The van der Waals surface area contributed by atoms with Crippen molar-refractivity contribution >= 4 is 63.3 Å². The Labute approximate surface area is 315 Å². The van der Waals surface area contributed by atoms with Crippen LogP contribution in [0.2, 0.25) is 0 Å². The molecule has 16 heteroatoms. The van der Waals surface area contributed by atoms with E-state index in [-0.39, 0.29) is 54.3 Å². The summed E-state index contributed by atoms with van der Waals surface area (Å²) < 4.78 is 7.56. The molecule has 50 heavy (non-hydrogen) atoms. The van der Waals surface area contributed by atoms with Gasteiger partial charge in [-0.05, 0) is 101 Å². The molecule has 0 spiro atoms. The fourth-order valence-corrected chi connectivity index (χ4v) is 7.49. The molecule has 3 aliphatic rings. The third-order valence-corrected chi connectivity index (χ3v) is 9.78. The average molecular weight is 782 g/mol. The van der Waals surface area contributed by atoms with E-state index in [0.29, 0.717) is 0 Å². The summed E-state index contributed by atoms with van der Waals surface area (Å²) >= 11 is 0. The van der Waals surface area contributed by atoms with E-state index in [4.69, 9.17) is 21.4 Å². The molecule has 4 N–H and O–H groups in total. The van der Waals surface area contributed by atoms with Crippen molar-refractivity contribution in [3.05, 3.63) is 81.5 Å². The van der Waals surface area contributed by atoms with Crippen molar-refractivity contribution in [2.45, 2.75) is 38.5 Å². The van der Waals surface area contributed by atoms with Gasteiger partial charge in [-0.25, -0.2) is 22.0 Å². The quantitative estimate of drug-likeness (QED) is 0.166. The minimum Gasteiger partial charge on any atom is -0.632 e. The number of nitrogens with one attached hydrogen (secondary N) is 4. The number of imidazole rings is 2. The predicted molar refractivity (Wildman–Crippen MR) is 188 cm³/mol. The molecular weight excluding hydrogens is 752 g/mol. The fraction of sp³-hybridized carbons (Fsp3) is 0.235. The maximum absolute atomic E-state index is 10.9. The van der Waals surface area contributed by atoms with Crippen LogP contribution in [0.25, 0.3) is 55.9 Å². The number of amides is 2. The molecule has 2 heterocycles. The molecule has 5 aromatic rings. The third kappa shape index (κ3) is 8.07. The Bertz CT molecular complexity index is 2090. The molecular formula is C34H30N6O6P2V2. The van der Waals surface area contributed by atoms with Gasteiger partial charge in [0.2, 0.25) is 12.2 Å². The van der Waals surface area contributed by atoms with E-state index < -0.39 is 12.2 Å². The Hall–Kier alpha value is -3.75. The van der Waals surface area contributed by atoms with Crippen molar-refractivity contribution in [2.24, 2.45) is 0 Å². The summed E-state index contributed by atoms with van der Waals surface area (Å²) in [5.41, 5.74) is 28.2. The van der Waals surface area contributed by atoms with Crippen molar-refractivity contribution in [3.8, 4) is 33.6 Å². The summed E-state index contributed by atoms with van der Waals surface area (Å²) in [5, 5.41) is 2.51. The molecule has 3 aliphatic carbocycles. The van der Waals surface area contributed by atoms with Gasteiger partial charge < -0.3 is 40.5 Å². The number of carbonyl (C=O) groups excluding carboxylic acids is 4. The standard InChI is InChI=1S/C30H22N4O2P2.2C2H5NO2.2V/c35-13-37-29-32-26-6-4-18-9-21-17(10-23(18)27(26)33-29)2-1-15-7-20-12-24-16(8-19(20)11-22(15)21)3-5-25-28(24)34-30(31-25)38-14-36;2*1-5-2(3)4;;/h7-12,37-38H,1-6H2,(H,31,34)(H,32,33);2*1H3,(H2,3,4);;/q-2;;;2*+2/p-2. The van der Waals surface area contributed by atoms with Crippen LogP contribution >= 0.6 is 17.2 Å². The van der Waals surface area contributed by atoms with E-state index in [9.17, 15) is 19.2 Å². The van der Waals surface area contributed by atoms with Crippen LogP contribution in [0, 0.1) is 0 Å². The molecule has 2 atom stereocenters. The number of nitrogens with zero attached hydrogens (tertiary/aromatic N) is 2. The van der Waals surface area contributed by atoms with Gasteiger partial charge in [0.05, 0.1) is 36.7 Å². The molecule has 3 aromatic carbocycles. The monoisotopic (exact) mass is 782 g/mol.